The van der Waals surface area contributed by atoms with E-state index in [-0.39, 0.29) is 46.3 Å². The molecule has 10 heteroatoms. The van der Waals surface area contributed by atoms with Crippen molar-refractivity contribution in [3.63, 3.8) is 0 Å². The number of pyridine rings is 1. The molecule has 2 aromatic heterocycles. The molecular formula is C19H19ClF5N3O. The molecule has 0 N–H and O–H groups in total. The number of ether oxygens (including phenoxy) is 1. The molecule has 0 unspecified atom stereocenters. The monoisotopic (exact) mass is 435 g/mol. The molecule has 1 fully saturated rings. The Kier molecular flexibility index (Phi) is 6.03. The molecule has 3 heterocycles. The van der Waals surface area contributed by atoms with Crippen LogP contribution in [-0.4, -0.2) is 47.3 Å². The minimum Gasteiger partial charge on any atom is -0.379 e. The summed E-state index contributed by atoms with van der Waals surface area (Å²) in [6.45, 7) is 4.20. The van der Waals surface area contributed by atoms with Gasteiger partial charge >= 0.3 is 6.18 Å². The number of morpholine rings is 1. The average Bonchev–Trinajstić information content (AvgIpc) is 2.98. The van der Waals surface area contributed by atoms with Crippen LogP contribution in [0.4, 0.5) is 22.0 Å². The zero-order chi connectivity index (χ0) is 20.1. The predicted molar refractivity (Wildman–Crippen MR) is 101 cm³/mol. The second-order valence-corrected chi connectivity index (χ2v) is 6.85. The van der Waals surface area contributed by atoms with Crippen LogP contribution in [0.3, 0.4) is 0 Å². The normalized spacial score (nSPS) is 15.8. The Morgan fingerprint density at radius 1 is 1.07 bits per heavy atom. The maximum Gasteiger partial charge on any atom is 0.435 e. The lowest BCUT2D eigenvalue weighted by molar-refractivity contribution is -0.140. The Morgan fingerprint density at radius 3 is 2.41 bits per heavy atom. The molecule has 0 atom stereocenters. The van der Waals surface area contributed by atoms with Gasteiger partial charge in [-0.2, -0.15) is 13.2 Å². The fourth-order valence-electron chi connectivity index (χ4n) is 3.73. The molecule has 0 aliphatic carbocycles. The van der Waals surface area contributed by atoms with Crippen LogP contribution in [0.1, 0.15) is 11.3 Å². The van der Waals surface area contributed by atoms with E-state index in [9.17, 15) is 22.0 Å². The van der Waals surface area contributed by atoms with E-state index in [0.717, 1.165) is 12.3 Å². The molecule has 0 bridgehead atoms. The highest BCUT2D eigenvalue weighted by molar-refractivity contribution is 6.09. The second kappa shape index (κ2) is 8.04. The van der Waals surface area contributed by atoms with Crippen LogP contribution in [0.25, 0.3) is 21.8 Å². The zero-order valence-electron chi connectivity index (χ0n) is 15.5. The fourth-order valence-corrected chi connectivity index (χ4v) is 3.73. The van der Waals surface area contributed by atoms with Gasteiger partial charge in [-0.15, -0.1) is 12.4 Å². The maximum absolute atomic E-state index is 15.0. The summed E-state index contributed by atoms with van der Waals surface area (Å²) in [7, 11) is 0. The van der Waals surface area contributed by atoms with E-state index >= 15 is 0 Å². The van der Waals surface area contributed by atoms with Gasteiger partial charge in [0.25, 0.3) is 0 Å². The van der Waals surface area contributed by atoms with Crippen LogP contribution < -0.4 is 0 Å². The van der Waals surface area contributed by atoms with Crippen molar-refractivity contribution in [2.24, 2.45) is 0 Å². The summed E-state index contributed by atoms with van der Waals surface area (Å²) >= 11 is 0. The van der Waals surface area contributed by atoms with Crippen molar-refractivity contribution in [1.29, 1.82) is 0 Å². The van der Waals surface area contributed by atoms with E-state index in [1.54, 1.807) is 0 Å². The molecule has 0 spiro atoms. The molecule has 0 radical (unpaired) electrons. The van der Waals surface area contributed by atoms with E-state index in [1.165, 1.54) is 17.6 Å². The topological polar surface area (TPSA) is 30.3 Å². The number of alkyl halides is 3. The first-order valence-electron chi connectivity index (χ1n) is 8.92. The quantitative estimate of drug-likeness (QED) is 0.565. The minimum absolute atomic E-state index is 0. The number of aromatic nitrogens is 2. The SMILES string of the molecule is Cc1c(F)cc2c3ccnc(C(F)(F)F)c3n(CCN3CCOCC3)c2c1F.Cl. The second-order valence-electron chi connectivity index (χ2n) is 6.85. The van der Waals surface area contributed by atoms with Crippen LogP contribution in [0.5, 0.6) is 0 Å². The first-order chi connectivity index (χ1) is 13.3. The van der Waals surface area contributed by atoms with Crippen molar-refractivity contribution in [2.45, 2.75) is 19.6 Å². The molecule has 0 amide bonds. The lowest BCUT2D eigenvalue weighted by atomic mass is 10.1. The summed E-state index contributed by atoms with van der Waals surface area (Å²) < 4.78 is 76.5. The number of hydrogen-bond acceptors (Lipinski definition) is 3. The number of rotatable bonds is 3. The van der Waals surface area contributed by atoms with Gasteiger partial charge in [-0.05, 0) is 19.1 Å². The molecule has 29 heavy (non-hydrogen) atoms. The highest BCUT2D eigenvalue weighted by Gasteiger charge is 2.37. The molecule has 0 saturated carbocycles. The molecule has 1 saturated heterocycles. The molecule has 3 aromatic rings. The van der Waals surface area contributed by atoms with E-state index in [1.807, 2.05) is 4.90 Å². The fraction of sp³-hybridized carbons (Fsp3) is 0.421. The predicted octanol–water partition coefficient (Wildman–Crippen LogP) is 4.55. The van der Waals surface area contributed by atoms with Gasteiger partial charge in [0.05, 0.1) is 24.2 Å². The molecule has 1 aliphatic heterocycles. The van der Waals surface area contributed by atoms with Crippen molar-refractivity contribution in [1.82, 2.24) is 14.5 Å². The third-order valence-corrected chi connectivity index (χ3v) is 5.19. The summed E-state index contributed by atoms with van der Waals surface area (Å²) in [6, 6.07) is 2.47. The van der Waals surface area contributed by atoms with E-state index in [4.69, 9.17) is 4.74 Å². The lowest BCUT2D eigenvalue weighted by Gasteiger charge is -2.27. The molecule has 158 valence electrons. The van der Waals surface area contributed by atoms with Gasteiger partial charge < -0.3 is 9.30 Å². The third-order valence-electron chi connectivity index (χ3n) is 5.19. The van der Waals surface area contributed by atoms with E-state index in [2.05, 4.69) is 4.98 Å². The molecule has 4 nitrogen and oxygen atoms in total. The van der Waals surface area contributed by atoms with Crippen LogP contribution >= 0.6 is 12.4 Å². The van der Waals surface area contributed by atoms with E-state index < -0.39 is 23.5 Å². The first kappa shape index (κ1) is 21.7. The number of fused-ring (bicyclic) bond motifs is 3. The Bertz CT molecular complexity index is 1040. The van der Waals surface area contributed by atoms with E-state index in [0.29, 0.717) is 32.8 Å². The van der Waals surface area contributed by atoms with Gasteiger partial charge in [0.2, 0.25) is 0 Å². The Morgan fingerprint density at radius 2 is 1.76 bits per heavy atom. The summed E-state index contributed by atoms with van der Waals surface area (Å²) in [5.74, 6) is -1.64. The van der Waals surface area contributed by atoms with Crippen LogP contribution in [0.15, 0.2) is 18.3 Å². The molecule has 1 aromatic carbocycles. The Labute approximate surface area is 169 Å². The average molecular weight is 436 g/mol. The molecular weight excluding hydrogens is 417 g/mol. The Hall–Kier alpha value is -1.97. The van der Waals surface area contributed by atoms with Crippen molar-refractivity contribution in [3.05, 3.63) is 41.2 Å². The van der Waals surface area contributed by atoms with Crippen molar-refractivity contribution >= 4 is 34.2 Å². The lowest BCUT2D eigenvalue weighted by Crippen LogP contribution is -2.38. The van der Waals surface area contributed by atoms with Gasteiger partial charge in [0.1, 0.15) is 5.82 Å². The first-order valence-corrected chi connectivity index (χ1v) is 8.92. The van der Waals surface area contributed by atoms with Gasteiger partial charge in [-0.1, -0.05) is 0 Å². The van der Waals surface area contributed by atoms with Crippen molar-refractivity contribution < 1.29 is 26.7 Å². The molecule has 4 rings (SSSR count). The minimum atomic E-state index is -4.71. The van der Waals surface area contributed by atoms with Gasteiger partial charge in [0, 0.05) is 48.7 Å². The largest absolute Gasteiger partial charge is 0.435 e. The third kappa shape index (κ3) is 3.78. The summed E-state index contributed by atoms with van der Waals surface area (Å²) in [6.07, 6.45) is -3.69. The standard InChI is InChI=1S/C19H18F5N3O.ClH/c1-11-14(20)10-13-12-2-3-25-18(19(22,23)24)17(12)27(16(13)15(11)21)5-4-26-6-8-28-9-7-26;/h2-3,10H,4-9H2,1H3;1H. The van der Waals surface area contributed by atoms with Gasteiger partial charge in [-0.3, -0.25) is 4.90 Å². The highest BCUT2D eigenvalue weighted by Crippen LogP contribution is 2.39. The van der Waals surface area contributed by atoms with Crippen LogP contribution in [-0.2, 0) is 17.5 Å². The number of nitrogens with zero attached hydrogens (tertiary/aromatic N) is 3. The number of benzene rings is 1. The highest BCUT2D eigenvalue weighted by atomic mass is 35.5. The van der Waals surface area contributed by atoms with Crippen LogP contribution in [0, 0.1) is 18.6 Å². The van der Waals surface area contributed by atoms with Crippen LogP contribution in [0.2, 0.25) is 0 Å². The van der Waals surface area contributed by atoms with Gasteiger partial charge in [0.15, 0.2) is 11.5 Å². The smallest absolute Gasteiger partial charge is 0.379 e. The number of halogens is 6. The summed E-state index contributed by atoms with van der Waals surface area (Å²) in [4.78, 5) is 5.55. The summed E-state index contributed by atoms with van der Waals surface area (Å²) in [5.41, 5.74) is -1.56. The van der Waals surface area contributed by atoms with Gasteiger partial charge in [-0.25, -0.2) is 13.8 Å². The summed E-state index contributed by atoms with van der Waals surface area (Å²) in [5, 5.41) is 0.252. The van der Waals surface area contributed by atoms with Crippen molar-refractivity contribution in [2.75, 3.05) is 32.8 Å². The number of hydrogen-bond donors (Lipinski definition) is 0. The van der Waals surface area contributed by atoms with Crippen molar-refractivity contribution in [3.8, 4) is 0 Å². The Balaban J connectivity index is 0.00000240. The maximum atomic E-state index is 15.0. The molecule has 1 aliphatic rings. The zero-order valence-corrected chi connectivity index (χ0v) is 16.3.